The van der Waals surface area contributed by atoms with Crippen LogP contribution in [0.3, 0.4) is 0 Å². The minimum Gasteiger partial charge on any atom is -0.423 e. The fourth-order valence-electron chi connectivity index (χ4n) is 4.98. The third-order valence-corrected chi connectivity index (χ3v) is 6.61. The van der Waals surface area contributed by atoms with Crippen molar-refractivity contribution >= 4 is 5.82 Å². The van der Waals surface area contributed by atoms with Gasteiger partial charge in [0.1, 0.15) is 17.4 Å². The Kier molecular flexibility index (Phi) is 3.68. The number of nitrogens with zero attached hydrogens (tertiary/aromatic N) is 4. The lowest BCUT2D eigenvalue weighted by atomic mass is 10.0. The van der Waals surface area contributed by atoms with Crippen LogP contribution < -0.4 is 15.4 Å². The molecule has 152 valence electrons. The van der Waals surface area contributed by atoms with Gasteiger partial charge in [-0.1, -0.05) is 0 Å². The molecule has 0 radical (unpaired) electrons. The lowest BCUT2D eigenvalue weighted by Gasteiger charge is -2.23. The Bertz CT molecular complexity index is 1180. The van der Waals surface area contributed by atoms with Crippen molar-refractivity contribution < 1.29 is 9.13 Å². The Balaban J connectivity index is 1.46. The van der Waals surface area contributed by atoms with Gasteiger partial charge in [-0.25, -0.2) is 4.39 Å². The molecule has 1 aromatic carbocycles. The summed E-state index contributed by atoms with van der Waals surface area (Å²) >= 11 is 0. The molecule has 2 unspecified atom stereocenters. The lowest BCUT2D eigenvalue weighted by molar-refractivity contribution is 0.438. The minimum atomic E-state index is -0.234. The smallest absolute Gasteiger partial charge is 0.324 e. The Hall–Kier alpha value is -3.06. The maximum atomic E-state index is 14.2. The second-order valence-electron chi connectivity index (χ2n) is 8.69. The highest BCUT2D eigenvalue weighted by molar-refractivity contribution is 5.85. The highest BCUT2D eigenvalue weighted by atomic mass is 19.1. The molecule has 30 heavy (non-hydrogen) atoms. The summed E-state index contributed by atoms with van der Waals surface area (Å²) in [4.78, 5) is 15.9. The van der Waals surface area contributed by atoms with Gasteiger partial charge in [0.25, 0.3) is 0 Å². The predicted octanol–water partition coefficient (Wildman–Crippen LogP) is 3.38. The topological polar surface area (TPSA) is 77.2 Å². The van der Waals surface area contributed by atoms with Crippen LogP contribution in [0.1, 0.15) is 22.4 Å². The summed E-state index contributed by atoms with van der Waals surface area (Å²) in [5.41, 5.74) is 11.9. The maximum Gasteiger partial charge on any atom is 0.324 e. The number of ether oxygens (including phenoxy) is 1. The van der Waals surface area contributed by atoms with Crippen LogP contribution in [0.25, 0.3) is 11.1 Å². The van der Waals surface area contributed by atoms with Crippen LogP contribution in [0.5, 0.6) is 11.8 Å². The van der Waals surface area contributed by atoms with E-state index in [4.69, 9.17) is 20.4 Å². The number of aryl methyl sites for hydroxylation is 2. The van der Waals surface area contributed by atoms with Crippen molar-refractivity contribution in [2.24, 2.45) is 17.6 Å². The van der Waals surface area contributed by atoms with Crippen LogP contribution in [0, 0.1) is 31.5 Å². The first-order valence-electron chi connectivity index (χ1n) is 10.3. The highest BCUT2D eigenvalue weighted by Crippen LogP contribution is 2.49. The van der Waals surface area contributed by atoms with Gasteiger partial charge in [-0.3, -0.25) is 4.98 Å². The molecule has 6 rings (SSSR count). The predicted molar refractivity (Wildman–Crippen MR) is 111 cm³/mol. The van der Waals surface area contributed by atoms with Crippen molar-refractivity contribution in [3.05, 3.63) is 58.8 Å². The van der Waals surface area contributed by atoms with Crippen LogP contribution in [0.4, 0.5) is 10.2 Å². The molecule has 3 aliphatic rings. The second kappa shape index (κ2) is 6.22. The van der Waals surface area contributed by atoms with Crippen LogP contribution >= 0.6 is 0 Å². The molecule has 2 atom stereocenters. The molecule has 1 aliphatic heterocycles. The number of nitrogens with two attached hydrogens (primary N) is 1. The van der Waals surface area contributed by atoms with E-state index in [2.05, 4.69) is 9.88 Å². The van der Waals surface area contributed by atoms with Crippen molar-refractivity contribution in [1.29, 1.82) is 0 Å². The lowest BCUT2D eigenvalue weighted by Crippen LogP contribution is -2.29. The van der Waals surface area contributed by atoms with E-state index < -0.39 is 0 Å². The Labute approximate surface area is 173 Å². The number of piperidine rings is 1. The summed E-state index contributed by atoms with van der Waals surface area (Å²) in [5, 5.41) is 0. The molecular formula is C23H22FN5O. The zero-order valence-corrected chi connectivity index (χ0v) is 16.9. The van der Waals surface area contributed by atoms with E-state index in [0.717, 1.165) is 52.4 Å². The number of anilines is 1. The number of hydrogen-bond donors (Lipinski definition) is 1. The molecule has 2 aliphatic carbocycles. The van der Waals surface area contributed by atoms with Gasteiger partial charge in [-0.15, -0.1) is 0 Å². The van der Waals surface area contributed by atoms with Gasteiger partial charge in [-0.2, -0.15) is 9.97 Å². The van der Waals surface area contributed by atoms with Gasteiger partial charge in [0, 0.05) is 37.3 Å². The van der Waals surface area contributed by atoms with Crippen LogP contribution in [-0.4, -0.2) is 34.1 Å². The highest BCUT2D eigenvalue weighted by Gasteiger charge is 2.54. The molecule has 2 aromatic heterocycles. The molecule has 6 nitrogen and oxygen atoms in total. The van der Waals surface area contributed by atoms with E-state index in [1.807, 2.05) is 19.9 Å². The van der Waals surface area contributed by atoms with Crippen molar-refractivity contribution in [2.45, 2.75) is 26.3 Å². The minimum absolute atomic E-state index is 0.234. The first-order valence-corrected chi connectivity index (χ1v) is 10.3. The van der Waals surface area contributed by atoms with Gasteiger partial charge in [0.05, 0.1) is 11.9 Å². The zero-order valence-electron chi connectivity index (χ0n) is 16.9. The summed E-state index contributed by atoms with van der Waals surface area (Å²) < 4.78 is 20.2. The third-order valence-electron chi connectivity index (χ3n) is 6.61. The molecule has 3 aromatic rings. The molecular weight excluding hydrogens is 381 g/mol. The van der Waals surface area contributed by atoms with E-state index in [9.17, 15) is 4.39 Å². The largest absolute Gasteiger partial charge is 0.423 e. The molecule has 1 saturated heterocycles. The normalized spacial score (nSPS) is 23.2. The third kappa shape index (κ3) is 2.69. The van der Waals surface area contributed by atoms with Gasteiger partial charge >= 0.3 is 6.01 Å². The SMILES string of the molecule is Cc1cncc(Oc2nc3c(c(N4CC5C(N)C5C4)n2)-c2cc(F)cc(C)c2C3)c1. The number of pyridine rings is 1. The molecule has 0 bridgehead atoms. The van der Waals surface area contributed by atoms with E-state index in [-0.39, 0.29) is 11.9 Å². The quantitative estimate of drug-likeness (QED) is 0.565. The molecule has 7 heteroatoms. The van der Waals surface area contributed by atoms with E-state index in [1.165, 1.54) is 0 Å². The number of benzene rings is 1. The molecule has 3 heterocycles. The van der Waals surface area contributed by atoms with Crippen molar-refractivity contribution in [3.63, 3.8) is 0 Å². The molecule has 2 fully saturated rings. The monoisotopic (exact) mass is 403 g/mol. The summed E-state index contributed by atoms with van der Waals surface area (Å²) in [6.07, 6.45) is 4.08. The van der Waals surface area contributed by atoms with E-state index in [1.54, 1.807) is 24.5 Å². The summed E-state index contributed by atoms with van der Waals surface area (Å²) in [6, 6.07) is 5.68. The Morgan fingerprint density at radius 1 is 1.10 bits per heavy atom. The summed E-state index contributed by atoms with van der Waals surface area (Å²) in [5.74, 6) is 2.21. The summed E-state index contributed by atoms with van der Waals surface area (Å²) in [7, 11) is 0. The number of aromatic nitrogens is 3. The maximum absolute atomic E-state index is 14.2. The van der Waals surface area contributed by atoms with Gasteiger partial charge in [0.15, 0.2) is 0 Å². The average Bonchev–Trinajstić information content (AvgIpc) is 3.07. The molecule has 0 spiro atoms. The number of rotatable bonds is 3. The van der Waals surface area contributed by atoms with Crippen LogP contribution in [-0.2, 0) is 6.42 Å². The standard InChI is InChI=1S/C23H22FN5O/c1-11-3-14(8-26-7-11)30-23-27-19-6-15-12(2)4-13(24)5-16(15)20(19)22(28-23)29-9-17-18(10-29)21(17)25/h3-5,7-8,17-18,21H,6,9-10,25H2,1-2H3. The fourth-order valence-corrected chi connectivity index (χ4v) is 4.98. The van der Waals surface area contributed by atoms with Crippen molar-refractivity contribution in [1.82, 2.24) is 15.0 Å². The van der Waals surface area contributed by atoms with Crippen molar-refractivity contribution in [3.8, 4) is 22.9 Å². The van der Waals surface area contributed by atoms with E-state index >= 15 is 0 Å². The fraction of sp³-hybridized carbons (Fsp3) is 0.348. The zero-order chi connectivity index (χ0) is 20.6. The Morgan fingerprint density at radius 3 is 2.67 bits per heavy atom. The first kappa shape index (κ1) is 17.8. The number of hydrogen-bond acceptors (Lipinski definition) is 6. The van der Waals surface area contributed by atoms with Gasteiger partial charge in [0.2, 0.25) is 0 Å². The second-order valence-corrected chi connectivity index (χ2v) is 8.69. The van der Waals surface area contributed by atoms with Crippen molar-refractivity contribution in [2.75, 3.05) is 18.0 Å². The van der Waals surface area contributed by atoms with Crippen LogP contribution in [0.15, 0.2) is 30.6 Å². The van der Waals surface area contributed by atoms with E-state index in [0.29, 0.717) is 30.0 Å². The summed E-state index contributed by atoms with van der Waals surface area (Å²) in [6.45, 7) is 5.64. The van der Waals surface area contributed by atoms with Gasteiger partial charge < -0.3 is 15.4 Å². The molecule has 0 amide bonds. The Morgan fingerprint density at radius 2 is 1.90 bits per heavy atom. The van der Waals surface area contributed by atoms with Crippen LogP contribution in [0.2, 0.25) is 0 Å². The number of fused-ring (bicyclic) bond motifs is 4. The number of halogens is 1. The average molecular weight is 403 g/mol. The molecule has 2 N–H and O–H groups in total. The van der Waals surface area contributed by atoms with Gasteiger partial charge in [-0.05, 0) is 66.1 Å². The molecule has 1 saturated carbocycles. The first-order chi connectivity index (χ1) is 14.5.